The normalized spacial score (nSPS) is 22.4. The molecule has 2 amide bonds. The van der Waals surface area contributed by atoms with Gasteiger partial charge in [0.2, 0.25) is 11.8 Å². The number of imidazole rings is 1. The molecule has 2 aliphatic heterocycles. The summed E-state index contributed by atoms with van der Waals surface area (Å²) in [5.74, 6) is 0.884. The molecule has 23 heavy (non-hydrogen) atoms. The largest absolute Gasteiger partial charge is 0.368 e. The van der Waals surface area contributed by atoms with Gasteiger partial charge in [0, 0.05) is 31.4 Å². The number of hydrogen-bond acceptors (Lipinski definition) is 4. The molecule has 2 N–H and O–H groups in total. The zero-order valence-electron chi connectivity index (χ0n) is 13.5. The Hall–Kier alpha value is -1.89. The van der Waals surface area contributed by atoms with E-state index < -0.39 is 0 Å². The maximum absolute atomic E-state index is 12.5. The first-order valence-electron chi connectivity index (χ1n) is 8.43. The molecule has 7 heteroatoms. The van der Waals surface area contributed by atoms with Gasteiger partial charge in [0.25, 0.3) is 0 Å². The van der Waals surface area contributed by atoms with E-state index in [1.807, 2.05) is 4.90 Å². The molecule has 0 bridgehead atoms. The number of amides is 2. The predicted octanol–water partition coefficient (Wildman–Crippen LogP) is 0.170. The summed E-state index contributed by atoms with van der Waals surface area (Å²) in [7, 11) is 0. The Morgan fingerprint density at radius 2 is 1.96 bits per heavy atom. The molecule has 0 aliphatic carbocycles. The second kappa shape index (κ2) is 7.12. The van der Waals surface area contributed by atoms with Crippen molar-refractivity contribution >= 4 is 11.8 Å². The number of carbonyl (C=O) groups excluding carboxylic acids is 2. The highest BCUT2D eigenvalue weighted by Crippen LogP contribution is 2.26. The molecule has 3 rings (SSSR count). The number of primary amides is 1. The fraction of sp³-hybridized carbons (Fsp3) is 0.688. The standard InChI is InChI=1S/C16H25N5O2/c17-14(22)11-21-9-5-18-16(21)13-4-3-8-20(10-13)15(23)12-19-6-1-2-7-19/h5,9,13H,1-4,6-8,10-12H2,(H2,17,22)/t13-/m0/s1. The summed E-state index contributed by atoms with van der Waals surface area (Å²) in [6, 6.07) is 0. The van der Waals surface area contributed by atoms with Gasteiger partial charge in [-0.15, -0.1) is 0 Å². The van der Waals surface area contributed by atoms with Gasteiger partial charge in [-0.05, 0) is 38.8 Å². The lowest BCUT2D eigenvalue weighted by atomic mass is 9.97. The van der Waals surface area contributed by atoms with Crippen molar-refractivity contribution in [2.24, 2.45) is 5.73 Å². The fourth-order valence-electron chi connectivity index (χ4n) is 3.63. The highest BCUT2D eigenvalue weighted by molar-refractivity contribution is 5.78. The highest BCUT2D eigenvalue weighted by atomic mass is 16.2. The fourth-order valence-corrected chi connectivity index (χ4v) is 3.63. The van der Waals surface area contributed by atoms with E-state index in [1.165, 1.54) is 12.8 Å². The van der Waals surface area contributed by atoms with Gasteiger partial charge in [0.05, 0.1) is 6.54 Å². The van der Waals surface area contributed by atoms with Crippen LogP contribution >= 0.6 is 0 Å². The number of carbonyl (C=O) groups is 2. The summed E-state index contributed by atoms with van der Waals surface area (Å²) in [5, 5.41) is 0. The molecule has 126 valence electrons. The van der Waals surface area contributed by atoms with Crippen molar-refractivity contribution < 1.29 is 9.59 Å². The van der Waals surface area contributed by atoms with E-state index in [0.29, 0.717) is 13.1 Å². The van der Waals surface area contributed by atoms with Crippen molar-refractivity contribution in [3.63, 3.8) is 0 Å². The molecule has 3 heterocycles. The first kappa shape index (κ1) is 16.0. The maximum atomic E-state index is 12.5. The van der Waals surface area contributed by atoms with Crippen molar-refractivity contribution in [2.45, 2.75) is 38.1 Å². The van der Waals surface area contributed by atoms with E-state index in [0.717, 1.165) is 38.3 Å². The van der Waals surface area contributed by atoms with Gasteiger partial charge in [0.1, 0.15) is 12.4 Å². The molecule has 2 fully saturated rings. The van der Waals surface area contributed by atoms with Crippen LogP contribution in [-0.4, -0.2) is 63.9 Å². The molecule has 0 spiro atoms. The van der Waals surface area contributed by atoms with Gasteiger partial charge in [0.15, 0.2) is 0 Å². The second-order valence-corrected chi connectivity index (χ2v) is 6.54. The van der Waals surface area contributed by atoms with Crippen LogP contribution in [0.25, 0.3) is 0 Å². The zero-order chi connectivity index (χ0) is 16.2. The summed E-state index contributed by atoms with van der Waals surface area (Å²) >= 11 is 0. The van der Waals surface area contributed by atoms with Gasteiger partial charge in [-0.25, -0.2) is 4.98 Å². The lowest BCUT2D eigenvalue weighted by molar-refractivity contribution is -0.133. The van der Waals surface area contributed by atoms with Gasteiger partial charge in [-0.3, -0.25) is 14.5 Å². The summed E-state index contributed by atoms with van der Waals surface area (Å²) < 4.78 is 1.81. The van der Waals surface area contributed by atoms with Gasteiger partial charge in [-0.2, -0.15) is 0 Å². The number of rotatable bonds is 5. The molecule has 2 aliphatic rings. The molecule has 1 aromatic rings. The lowest BCUT2D eigenvalue weighted by Crippen LogP contribution is -2.44. The van der Waals surface area contributed by atoms with Crippen LogP contribution in [0.2, 0.25) is 0 Å². The van der Waals surface area contributed by atoms with E-state index in [9.17, 15) is 9.59 Å². The summed E-state index contributed by atoms with van der Waals surface area (Å²) in [6.45, 7) is 4.25. The summed E-state index contributed by atoms with van der Waals surface area (Å²) in [5.41, 5.74) is 5.29. The molecule has 2 saturated heterocycles. The van der Waals surface area contributed by atoms with Crippen molar-refractivity contribution in [1.29, 1.82) is 0 Å². The number of piperidine rings is 1. The third-order valence-corrected chi connectivity index (χ3v) is 4.77. The van der Waals surface area contributed by atoms with Crippen LogP contribution in [0.1, 0.15) is 37.4 Å². The average Bonchev–Trinajstić information content (AvgIpc) is 3.18. The number of aromatic nitrogens is 2. The van der Waals surface area contributed by atoms with Crippen LogP contribution in [0, 0.1) is 0 Å². The maximum Gasteiger partial charge on any atom is 0.237 e. The van der Waals surface area contributed by atoms with Crippen LogP contribution in [0.15, 0.2) is 12.4 Å². The number of hydrogen-bond donors (Lipinski definition) is 1. The van der Waals surface area contributed by atoms with Crippen molar-refractivity contribution in [2.75, 3.05) is 32.7 Å². The average molecular weight is 319 g/mol. The molecule has 0 aromatic carbocycles. The van der Waals surface area contributed by atoms with E-state index >= 15 is 0 Å². The SMILES string of the molecule is NC(=O)Cn1ccnc1[C@H]1CCCN(C(=O)CN2CCCC2)C1. The van der Waals surface area contributed by atoms with E-state index in [4.69, 9.17) is 5.73 Å². The van der Waals surface area contributed by atoms with Crippen molar-refractivity contribution in [3.05, 3.63) is 18.2 Å². The predicted molar refractivity (Wildman–Crippen MR) is 85.7 cm³/mol. The van der Waals surface area contributed by atoms with E-state index in [1.54, 1.807) is 17.0 Å². The molecular formula is C16H25N5O2. The number of nitrogens with zero attached hydrogens (tertiary/aromatic N) is 4. The van der Waals surface area contributed by atoms with Crippen LogP contribution in [-0.2, 0) is 16.1 Å². The molecule has 0 unspecified atom stereocenters. The number of nitrogens with two attached hydrogens (primary N) is 1. The van der Waals surface area contributed by atoms with Crippen LogP contribution in [0.5, 0.6) is 0 Å². The molecular weight excluding hydrogens is 294 g/mol. The molecule has 1 aromatic heterocycles. The second-order valence-electron chi connectivity index (χ2n) is 6.54. The van der Waals surface area contributed by atoms with Gasteiger partial charge in [-0.1, -0.05) is 0 Å². The van der Waals surface area contributed by atoms with Crippen molar-refractivity contribution in [1.82, 2.24) is 19.4 Å². The Kier molecular flexibility index (Phi) is 4.95. The Balaban J connectivity index is 1.62. The first-order chi connectivity index (χ1) is 11.1. The monoisotopic (exact) mass is 319 g/mol. The Morgan fingerprint density at radius 3 is 2.70 bits per heavy atom. The minimum atomic E-state index is -0.373. The van der Waals surface area contributed by atoms with Gasteiger partial charge < -0.3 is 15.2 Å². The zero-order valence-corrected chi connectivity index (χ0v) is 13.5. The van der Waals surface area contributed by atoms with Crippen LogP contribution < -0.4 is 5.73 Å². The molecule has 0 radical (unpaired) electrons. The lowest BCUT2D eigenvalue weighted by Gasteiger charge is -2.33. The Bertz CT molecular complexity index is 565. The summed E-state index contributed by atoms with van der Waals surface area (Å²) in [4.78, 5) is 32.3. The smallest absolute Gasteiger partial charge is 0.237 e. The van der Waals surface area contributed by atoms with Crippen LogP contribution in [0.3, 0.4) is 0 Å². The van der Waals surface area contributed by atoms with Gasteiger partial charge >= 0.3 is 0 Å². The Labute approximate surface area is 136 Å². The van der Waals surface area contributed by atoms with E-state index in [-0.39, 0.29) is 24.3 Å². The highest BCUT2D eigenvalue weighted by Gasteiger charge is 2.28. The van der Waals surface area contributed by atoms with E-state index in [2.05, 4.69) is 9.88 Å². The quantitative estimate of drug-likeness (QED) is 0.838. The number of likely N-dealkylation sites (tertiary alicyclic amines) is 2. The Morgan fingerprint density at radius 1 is 1.17 bits per heavy atom. The third kappa shape index (κ3) is 3.90. The van der Waals surface area contributed by atoms with Crippen molar-refractivity contribution in [3.8, 4) is 0 Å². The van der Waals surface area contributed by atoms with Crippen LogP contribution in [0.4, 0.5) is 0 Å². The minimum Gasteiger partial charge on any atom is -0.368 e. The third-order valence-electron chi connectivity index (χ3n) is 4.77. The first-order valence-corrected chi connectivity index (χ1v) is 8.43. The topological polar surface area (TPSA) is 84.5 Å². The molecule has 7 nitrogen and oxygen atoms in total. The summed E-state index contributed by atoms with van der Waals surface area (Å²) in [6.07, 6.45) is 7.83. The molecule has 1 atom stereocenters. The minimum absolute atomic E-state index is 0.146. The molecule has 0 saturated carbocycles.